The first-order valence-electron chi connectivity index (χ1n) is 10.1. The molecule has 1 amide bonds. The number of carbonyl (C=O) groups is 1. The van der Waals surface area contributed by atoms with Gasteiger partial charge in [0.2, 0.25) is 0 Å². The quantitative estimate of drug-likeness (QED) is 0.697. The Labute approximate surface area is 174 Å². The minimum Gasteiger partial charge on any atom is -0.369 e. The summed E-state index contributed by atoms with van der Waals surface area (Å²) < 4.78 is 38.7. The van der Waals surface area contributed by atoms with Gasteiger partial charge in [0.05, 0.1) is 16.8 Å². The number of aromatic nitrogens is 2. The summed E-state index contributed by atoms with van der Waals surface area (Å²) in [6.45, 7) is 6.21. The Bertz CT molecular complexity index is 851. The van der Waals surface area contributed by atoms with E-state index in [0.717, 1.165) is 37.8 Å². The van der Waals surface area contributed by atoms with Gasteiger partial charge in [-0.25, -0.2) is 9.97 Å². The molecule has 0 radical (unpaired) electrons. The molecule has 1 aliphatic heterocycles. The lowest BCUT2D eigenvalue weighted by Crippen LogP contribution is -2.47. The van der Waals surface area contributed by atoms with Gasteiger partial charge in [0.15, 0.2) is 0 Å². The Morgan fingerprint density at radius 2 is 1.97 bits per heavy atom. The normalized spacial score (nSPS) is 15.3. The molecule has 1 aliphatic rings. The molecule has 0 unspecified atom stereocenters. The van der Waals surface area contributed by atoms with Gasteiger partial charge in [-0.15, -0.1) is 0 Å². The standard InChI is InChI=1S/C21H26F3N5O/c1-2-19-18(14-25-15-27-19)20(30)26-7-4-8-28-9-11-29(12-10-28)17-6-3-5-16(13-17)21(22,23)24/h3,5-6,13-15H,2,4,7-12H2,1H3,(H,26,30). The van der Waals surface area contributed by atoms with Crippen molar-refractivity contribution < 1.29 is 18.0 Å². The van der Waals surface area contributed by atoms with E-state index in [2.05, 4.69) is 20.2 Å². The van der Waals surface area contributed by atoms with Crippen molar-refractivity contribution in [1.82, 2.24) is 20.2 Å². The lowest BCUT2D eigenvalue weighted by atomic mass is 10.1. The van der Waals surface area contributed by atoms with Crippen molar-refractivity contribution in [2.24, 2.45) is 0 Å². The molecule has 1 fully saturated rings. The van der Waals surface area contributed by atoms with Crippen molar-refractivity contribution >= 4 is 11.6 Å². The minimum absolute atomic E-state index is 0.165. The van der Waals surface area contributed by atoms with Crippen molar-refractivity contribution in [3.05, 3.63) is 53.6 Å². The van der Waals surface area contributed by atoms with E-state index < -0.39 is 11.7 Å². The SMILES string of the molecule is CCc1ncncc1C(=O)NCCCN1CCN(c2cccc(C(F)(F)F)c2)CC1. The summed E-state index contributed by atoms with van der Waals surface area (Å²) in [4.78, 5) is 24.6. The number of piperazine rings is 1. The van der Waals surface area contributed by atoms with Gasteiger partial charge in [0, 0.05) is 44.6 Å². The van der Waals surface area contributed by atoms with E-state index in [0.29, 0.717) is 37.3 Å². The van der Waals surface area contributed by atoms with Gasteiger partial charge in [-0.3, -0.25) is 9.69 Å². The number of carbonyl (C=O) groups excluding carboxylic acids is 1. The van der Waals surface area contributed by atoms with Gasteiger partial charge in [-0.1, -0.05) is 13.0 Å². The number of anilines is 1. The number of halogens is 3. The van der Waals surface area contributed by atoms with Crippen molar-refractivity contribution in [3.8, 4) is 0 Å². The third-order valence-corrected chi connectivity index (χ3v) is 5.22. The number of hydrogen-bond acceptors (Lipinski definition) is 5. The second-order valence-corrected chi connectivity index (χ2v) is 7.22. The van der Waals surface area contributed by atoms with Crippen LogP contribution in [0, 0.1) is 0 Å². The fourth-order valence-electron chi connectivity index (χ4n) is 3.53. The molecule has 2 heterocycles. The predicted molar refractivity (Wildman–Crippen MR) is 108 cm³/mol. The fraction of sp³-hybridized carbons (Fsp3) is 0.476. The van der Waals surface area contributed by atoms with E-state index in [1.807, 2.05) is 11.8 Å². The van der Waals surface area contributed by atoms with Crippen LogP contribution in [-0.2, 0) is 12.6 Å². The number of nitrogens with zero attached hydrogens (tertiary/aromatic N) is 4. The highest BCUT2D eigenvalue weighted by atomic mass is 19.4. The number of alkyl halides is 3. The van der Waals surface area contributed by atoms with E-state index in [1.54, 1.807) is 6.07 Å². The van der Waals surface area contributed by atoms with Crippen LogP contribution in [0.4, 0.5) is 18.9 Å². The van der Waals surface area contributed by atoms with Crippen LogP contribution in [-0.4, -0.2) is 60.0 Å². The molecule has 0 saturated carbocycles. The topological polar surface area (TPSA) is 61.4 Å². The molecule has 0 bridgehead atoms. The first-order chi connectivity index (χ1) is 14.4. The lowest BCUT2D eigenvalue weighted by Gasteiger charge is -2.36. The minimum atomic E-state index is -4.33. The van der Waals surface area contributed by atoms with Gasteiger partial charge in [-0.05, 0) is 37.6 Å². The molecule has 6 nitrogen and oxygen atoms in total. The average molecular weight is 421 g/mol. The molecule has 0 atom stereocenters. The van der Waals surface area contributed by atoms with E-state index in [4.69, 9.17) is 0 Å². The van der Waals surface area contributed by atoms with Gasteiger partial charge in [0.25, 0.3) is 5.91 Å². The highest BCUT2D eigenvalue weighted by Crippen LogP contribution is 2.31. The lowest BCUT2D eigenvalue weighted by molar-refractivity contribution is -0.137. The smallest absolute Gasteiger partial charge is 0.369 e. The summed E-state index contributed by atoms with van der Waals surface area (Å²) in [5.41, 5.74) is 1.23. The molecule has 0 spiro atoms. The summed E-state index contributed by atoms with van der Waals surface area (Å²) in [6, 6.07) is 5.48. The zero-order valence-corrected chi connectivity index (χ0v) is 17.0. The van der Waals surface area contributed by atoms with Crippen LogP contribution in [0.3, 0.4) is 0 Å². The number of nitrogens with one attached hydrogen (secondary N) is 1. The van der Waals surface area contributed by atoms with Crippen LogP contribution >= 0.6 is 0 Å². The largest absolute Gasteiger partial charge is 0.416 e. The number of benzene rings is 1. The molecule has 1 saturated heterocycles. The third kappa shape index (κ3) is 5.69. The second kappa shape index (κ2) is 9.88. The first kappa shape index (κ1) is 22.0. The Kier molecular flexibility index (Phi) is 7.25. The maximum atomic E-state index is 12.9. The molecule has 2 aromatic rings. The van der Waals surface area contributed by atoms with Gasteiger partial charge < -0.3 is 10.2 Å². The second-order valence-electron chi connectivity index (χ2n) is 7.22. The molecule has 162 valence electrons. The summed E-state index contributed by atoms with van der Waals surface area (Å²) in [5, 5.41) is 2.91. The van der Waals surface area contributed by atoms with Crippen molar-refractivity contribution in [1.29, 1.82) is 0 Å². The van der Waals surface area contributed by atoms with Crippen LogP contribution in [0.15, 0.2) is 36.8 Å². The Balaban J connectivity index is 1.41. The monoisotopic (exact) mass is 421 g/mol. The highest BCUT2D eigenvalue weighted by molar-refractivity contribution is 5.94. The number of hydrogen-bond donors (Lipinski definition) is 1. The summed E-state index contributed by atoms with van der Waals surface area (Å²) >= 11 is 0. The Morgan fingerprint density at radius 1 is 1.20 bits per heavy atom. The molecule has 1 aromatic carbocycles. The molecule has 1 aromatic heterocycles. The molecular weight excluding hydrogens is 395 g/mol. The Morgan fingerprint density at radius 3 is 2.67 bits per heavy atom. The molecular formula is C21H26F3N5O. The summed E-state index contributed by atoms with van der Waals surface area (Å²) in [5.74, 6) is -0.165. The first-order valence-corrected chi connectivity index (χ1v) is 10.1. The zero-order valence-electron chi connectivity index (χ0n) is 17.0. The van der Waals surface area contributed by atoms with Crippen molar-refractivity contribution in [3.63, 3.8) is 0 Å². The van der Waals surface area contributed by atoms with Crippen LogP contribution in [0.5, 0.6) is 0 Å². The Hall–Kier alpha value is -2.68. The van der Waals surface area contributed by atoms with Gasteiger partial charge >= 0.3 is 6.18 Å². The maximum Gasteiger partial charge on any atom is 0.416 e. The maximum absolute atomic E-state index is 12.9. The predicted octanol–water partition coefficient (Wildman–Crippen LogP) is 3.00. The highest BCUT2D eigenvalue weighted by Gasteiger charge is 2.31. The van der Waals surface area contributed by atoms with E-state index in [-0.39, 0.29) is 5.91 Å². The number of amides is 1. The average Bonchev–Trinajstić information content (AvgIpc) is 2.76. The van der Waals surface area contributed by atoms with Crippen molar-refractivity contribution in [2.75, 3.05) is 44.2 Å². The molecule has 1 N–H and O–H groups in total. The molecule has 0 aliphatic carbocycles. The van der Waals surface area contributed by atoms with E-state index in [1.165, 1.54) is 24.7 Å². The summed E-state index contributed by atoms with van der Waals surface area (Å²) in [6.07, 6.45) is 0.112. The van der Waals surface area contributed by atoms with Gasteiger partial charge in [0.1, 0.15) is 6.33 Å². The van der Waals surface area contributed by atoms with Crippen LogP contribution in [0.1, 0.15) is 35.0 Å². The van der Waals surface area contributed by atoms with E-state index >= 15 is 0 Å². The number of rotatable bonds is 7. The zero-order chi connectivity index (χ0) is 21.6. The number of aryl methyl sites for hydroxylation is 1. The fourth-order valence-corrected chi connectivity index (χ4v) is 3.53. The molecule has 30 heavy (non-hydrogen) atoms. The summed E-state index contributed by atoms with van der Waals surface area (Å²) in [7, 11) is 0. The molecule has 3 rings (SSSR count). The van der Waals surface area contributed by atoms with E-state index in [9.17, 15) is 18.0 Å². The van der Waals surface area contributed by atoms with Crippen LogP contribution in [0.2, 0.25) is 0 Å². The third-order valence-electron chi connectivity index (χ3n) is 5.22. The van der Waals surface area contributed by atoms with Gasteiger partial charge in [-0.2, -0.15) is 13.2 Å². The van der Waals surface area contributed by atoms with Crippen LogP contribution in [0.25, 0.3) is 0 Å². The molecule has 9 heteroatoms. The van der Waals surface area contributed by atoms with Crippen molar-refractivity contribution in [2.45, 2.75) is 25.9 Å². The van der Waals surface area contributed by atoms with Crippen LogP contribution < -0.4 is 10.2 Å².